The van der Waals surface area contributed by atoms with Crippen molar-refractivity contribution >= 4 is 21.6 Å². The molecule has 1 aliphatic heterocycles. The number of benzene rings is 2. The van der Waals surface area contributed by atoms with E-state index in [4.69, 9.17) is 20.9 Å². The smallest absolute Gasteiger partial charge is 0.243 e. The van der Waals surface area contributed by atoms with Crippen molar-refractivity contribution < 1.29 is 17.7 Å². The fraction of sp³-hybridized carbons (Fsp3) is 0.286. The Balaban J connectivity index is 1.36. The van der Waals surface area contributed by atoms with Crippen LogP contribution in [0, 0.1) is 0 Å². The number of aromatic nitrogens is 1. The Bertz CT molecular complexity index is 1090. The van der Waals surface area contributed by atoms with E-state index in [1.54, 1.807) is 31.4 Å². The van der Waals surface area contributed by atoms with Crippen LogP contribution >= 0.6 is 11.6 Å². The molecule has 0 bridgehead atoms. The summed E-state index contributed by atoms with van der Waals surface area (Å²) in [4.78, 5) is 2.44. The zero-order valence-corrected chi connectivity index (χ0v) is 18.1. The summed E-state index contributed by atoms with van der Waals surface area (Å²) >= 11 is 5.93. The molecule has 7 nitrogen and oxygen atoms in total. The number of methoxy groups -OCH3 is 1. The minimum absolute atomic E-state index is 0.277. The van der Waals surface area contributed by atoms with Gasteiger partial charge in [0.05, 0.1) is 18.6 Å². The number of nitrogens with zero attached hydrogens (tertiary/aromatic N) is 3. The molecule has 0 atom stereocenters. The van der Waals surface area contributed by atoms with Gasteiger partial charge in [-0.25, -0.2) is 8.42 Å². The molecule has 2 aromatic carbocycles. The third-order valence-electron chi connectivity index (χ3n) is 5.11. The lowest BCUT2D eigenvalue weighted by Crippen LogP contribution is -2.48. The fourth-order valence-electron chi connectivity index (χ4n) is 3.39. The number of ether oxygens (including phenoxy) is 1. The van der Waals surface area contributed by atoms with E-state index in [1.165, 1.54) is 4.31 Å². The van der Waals surface area contributed by atoms with Crippen LogP contribution < -0.4 is 4.74 Å². The van der Waals surface area contributed by atoms with Crippen LogP contribution in [-0.4, -0.2) is 56.1 Å². The third kappa shape index (κ3) is 4.52. The number of halogens is 1. The van der Waals surface area contributed by atoms with Gasteiger partial charge >= 0.3 is 0 Å². The van der Waals surface area contributed by atoms with E-state index in [0.717, 1.165) is 17.0 Å². The molecule has 1 aliphatic rings. The summed E-state index contributed by atoms with van der Waals surface area (Å²) in [6.07, 6.45) is 0. The molecule has 0 aliphatic carbocycles. The van der Waals surface area contributed by atoms with Gasteiger partial charge in [-0.05, 0) is 36.4 Å². The first-order valence-electron chi connectivity index (χ1n) is 9.54. The van der Waals surface area contributed by atoms with Gasteiger partial charge in [0, 0.05) is 42.8 Å². The van der Waals surface area contributed by atoms with E-state index in [-0.39, 0.29) is 4.90 Å². The molecule has 9 heteroatoms. The van der Waals surface area contributed by atoms with Crippen LogP contribution in [-0.2, 0) is 16.6 Å². The zero-order valence-electron chi connectivity index (χ0n) is 16.5. The maximum atomic E-state index is 12.9. The highest BCUT2D eigenvalue weighted by Crippen LogP contribution is 2.23. The number of rotatable bonds is 6. The number of hydrogen-bond donors (Lipinski definition) is 0. The molecule has 0 N–H and O–H groups in total. The Hall–Kier alpha value is -2.39. The molecule has 1 fully saturated rings. The average molecular weight is 448 g/mol. The lowest BCUT2D eigenvalue weighted by atomic mass is 10.1. The maximum Gasteiger partial charge on any atom is 0.243 e. The molecule has 1 aromatic heterocycles. The molecule has 3 aromatic rings. The van der Waals surface area contributed by atoms with E-state index in [0.29, 0.717) is 43.5 Å². The second-order valence-corrected chi connectivity index (χ2v) is 9.42. The molecule has 1 saturated heterocycles. The predicted octanol–water partition coefficient (Wildman–Crippen LogP) is 3.51. The van der Waals surface area contributed by atoms with Gasteiger partial charge in [-0.1, -0.05) is 28.9 Å². The molecule has 4 rings (SSSR count). The lowest BCUT2D eigenvalue weighted by molar-refractivity contribution is 0.166. The molecule has 0 saturated carbocycles. The highest BCUT2D eigenvalue weighted by atomic mass is 35.5. The molecular formula is C21H22ClN3O4S. The van der Waals surface area contributed by atoms with Gasteiger partial charge < -0.3 is 9.26 Å². The Morgan fingerprint density at radius 1 is 1.03 bits per heavy atom. The van der Waals surface area contributed by atoms with Crippen molar-refractivity contribution in [3.63, 3.8) is 0 Å². The van der Waals surface area contributed by atoms with Crippen LogP contribution in [0.3, 0.4) is 0 Å². The molecule has 2 heterocycles. The van der Waals surface area contributed by atoms with Gasteiger partial charge in [-0.15, -0.1) is 0 Å². The van der Waals surface area contributed by atoms with Crippen molar-refractivity contribution in [1.29, 1.82) is 0 Å². The van der Waals surface area contributed by atoms with Gasteiger partial charge in [0.1, 0.15) is 11.4 Å². The van der Waals surface area contributed by atoms with E-state index in [1.807, 2.05) is 30.3 Å². The normalized spacial score (nSPS) is 15.9. The monoisotopic (exact) mass is 447 g/mol. The first-order valence-corrected chi connectivity index (χ1v) is 11.4. The lowest BCUT2D eigenvalue weighted by Gasteiger charge is -2.33. The Morgan fingerprint density at radius 3 is 2.33 bits per heavy atom. The van der Waals surface area contributed by atoms with Crippen LogP contribution in [0.1, 0.15) is 5.76 Å². The molecule has 30 heavy (non-hydrogen) atoms. The number of hydrogen-bond acceptors (Lipinski definition) is 6. The second-order valence-electron chi connectivity index (χ2n) is 7.04. The van der Waals surface area contributed by atoms with Crippen molar-refractivity contribution in [1.82, 2.24) is 14.4 Å². The van der Waals surface area contributed by atoms with Crippen molar-refractivity contribution in [3.8, 4) is 17.0 Å². The largest absolute Gasteiger partial charge is 0.497 e. The summed E-state index contributed by atoms with van der Waals surface area (Å²) in [6.45, 7) is 2.66. The Morgan fingerprint density at radius 2 is 1.70 bits per heavy atom. The SMILES string of the molecule is COc1ccc(S(=O)(=O)N2CCN(Cc3cc(-c4ccc(Cl)cc4)no3)CC2)cc1. The standard InChI is InChI=1S/C21H22ClN3O4S/c1-28-18-6-8-20(9-7-18)30(26,27)25-12-10-24(11-13-25)15-19-14-21(23-29-19)16-2-4-17(22)5-3-16/h2-9,14H,10-13,15H2,1H3. The number of piperazine rings is 1. The Kier molecular flexibility index (Phi) is 6.10. The van der Waals surface area contributed by atoms with Gasteiger partial charge in [0.2, 0.25) is 10.0 Å². The van der Waals surface area contributed by atoms with E-state index in [2.05, 4.69) is 10.1 Å². The third-order valence-corrected chi connectivity index (χ3v) is 7.27. The minimum atomic E-state index is -3.51. The fourth-order valence-corrected chi connectivity index (χ4v) is 4.94. The molecule has 0 radical (unpaired) electrons. The van der Waals surface area contributed by atoms with E-state index >= 15 is 0 Å². The summed E-state index contributed by atoms with van der Waals surface area (Å²) in [5.41, 5.74) is 1.69. The summed E-state index contributed by atoms with van der Waals surface area (Å²) in [5.74, 6) is 1.37. The summed E-state index contributed by atoms with van der Waals surface area (Å²) in [5, 5.41) is 4.80. The highest BCUT2D eigenvalue weighted by Gasteiger charge is 2.29. The maximum absolute atomic E-state index is 12.9. The summed E-state index contributed by atoms with van der Waals surface area (Å²) in [7, 11) is -1.96. The molecular weight excluding hydrogens is 426 g/mol. The topological polar surface area (TPSA) is 75.9 Å². The quantitative estimate of drug-likeness (QED) is 0.575. The average Bonchev–Trinajstić information content (AvgIpc) is 3.23. The van der Waals surface area contributed by atoms with E-state index < -0.39 is 10.0 Å². The van der Waals surface area contributed by atoms with Gasteiger partial charge in [0.25, 0.3) is 0 Å². The Labute approximate surface area is 180 Å². The van der Waals surface area contributed by atoms with Crippen molar-refractivity contribution in [2.75, 3.05) is 33.3 Å². The second kappa shape index (κ2) is 8.77. The number of sulfonamides is 1. The molecule has 158 valence electrons. The summed E-state index contributed by atoms with van der Waals surface area (Å²) < 4.78 is 37.8. The van der Waals surface area contributed by atoms with Crippen LogP contribution in [0.4, 0.5) is 0 Å². The minimum Gasteiger partial charge on any atom is -0.497 e. The van der Waals surface area contributed by atoms with Crippen molar-refractivity contribution in [2.45, 2.75) is 11.4 Å². The highest BCUT2D eigenvalue weighted by molar-refractivity contribution is 7.89. The predicted molar refractivity (Wildman–Crippen MR) is 114 cm³/mol. The van der Waals surface area contributed by atoms with Gasteiger partial charge in [0.15, 0.2) is 5.76 Å². The first-order chi connectivity index (χ1) is 14.5. The van der Waals surface area contributed by atoms with Crippen LogP contribution in [0.25, 0.3) is 11.3 Å². The zero-order chi connectivity index (χ0) is 21.1. The molecule has 0 unspecified atom stereocenters. The van der Waals surface area contributed by atoms with Crippen LogP contribution in [0.2, 0.25) is 5.02 Å². The van der Waals surface area contributed by atoms with Gasteiger partial charge in [-0.2, -0.15) is 4.31 Å². The van der Waals surface area contributed by atoms with Crippen molar-refractivity contribution in [2.24, 2.45) is 0 Å². The first kappa shape index (κ1) is 20.9. The van der Waals surface area contributed by atoms with Gasteiger partial charge in [-0.3, -0.25) is 4.90 Å². The van der Waals surface area contributed by atoms with Crippen molar-refractivity contribution in [3.05, 3.63) is 65.4 Å². The van der Waals surface area contributed by atoms with E-state index in [9.17, 15) is 8.42 Å². The molecule has 0 amide bonds. The molecule has 0 spiro atoms. The summed E-state index contributed by atoms with van der Waals surface area (Å²) in [6, 6.07) is 15.8. The van der Waals surface area contributed by atoms with Crippen LogP contribution in [0.5, 0.6) is 5.75 Å². The van der Waals surface area contributed by atoms with Crippen LogP contribution in [0.15, 0.2) is 64.0 Å².